The zero-order valence-electron chi connectivity index (χ0n) is 15.1. The largest absolute Gasteiger partial charge is 0.350 e. The molecule has 0 spiro atoms. The Bertz CT molecular complexity index is 1150. The summed E-state index contributed by atoms with van der Waals surface area (Å²) in [7, 11) is 0. The van der Waals surface area contributed by atoms with Crippen molar-refractivity contribution in [2.24, 2.45) is 0 Å². The van der Waals surface area contributed by atoms with Gasteiger partial charge >= 0.3 is 0 Å². The number of nitrogens with zero attached hydrogens (tertiary/aromatic N) is 1. The maximum atomic E-state index is 12.8. The average Bonchev–Trinajstić information content (AvgIpc) is 2.70. The molecule has 4 nitrogen and oxygen atoms in total. The van der Waals surface area contributed by atoms with Crippen molar-refractivity contribution in [3.8, 4) is 0 Å². The van der Waals surface area contributed by atoms with Crippen LogP contribution in [0.2, 0.25) is 0 Å². The highest BCUT2D eigenvalue weighted by Crippen LogP contribution is 2.19. The Balaban J connectivity index is 1.70. The Morgan fingerprint density at radius 1 is 0.852 bits per heavy atom. The first kappa shape index (κ1) is 17.0. The predicted octanol–water partition coefficient (Wildman–Crippen LogP) is 3.78. The van der Waals surface area contributed by atoms with E-state index in [1.807, 2.05) is 84.3 Å². The van der Waals surface area contributed by atoms with Gasteiger partial charge in [0.15, 0.2) is 5.43 Å². The van der Waals surface area contributed by atoms with Crippen LogP contribution in [0.4, 0.5) is 0 Å². The van der Waals surface area contributed by atoms with Gasteiger partial charge in [-0.15, -0.1) is 0 Å². The number of hydrogen-bond donors (Lipinski definition) is 1. The van der Waals surface area contributed by atoms with Crippen LogP contribution in [0, 0.1) is 6.92 Å². The molecule has 4 heteroatoms. The second kappa shape index (κ2) is 7.08. The number of fused-ring (bicyclic) bond motifs is 2. The molecule has 0 saturated carbocycles. The number of carbonyl (C=O) groups excluding carboxylic acids is 1. The molecule has 4 aromatic rings. The third-order valence-electron chi connectivity index (χ3n) is 4.92. The molecule has 0 aliphatic heterocycles. The number of pyridine rings is 1. The molecule has 0 aliphatic carbocycles. The zero-order valence-corrected chi connectivity index (χ0v) is 15.1. The Morgan fingerprint density at radius 2 is 1.41 bits per heavy atom. The lowest BCUT2D eigenvalue weighted by molar-refractivity contribution is -0.121. The van der Waals surface area contributed by atoms with Crippen molar-refractivity contribution in [2.45, 2.75) is 20.0 Å². The summed E-state index contributed by atoms with van der Waals surface area (Å²) in [5.41, 5.74) is 3.79. The summed E-state index contributed by atoms with van der Waals surface area (Å²) >= 11 is 0. The van der Waals surface area contributed by atoms with Crippen LogP contribution >= 0.6 is 0 Å². The minimum atomic E-state index is -0.0859. The molecule has 27 heavy (non-hydrogen) atoms. The van der Waals surface area contributed by atoms with E-state index in [1.54, 1.807) is 0 Å². The molecule has 0 atom stereocenters. The summed E-state index contributed by atoms with van der Waals surface area (Å²) < 4.78 is 1.92. The topological polar surface area (TPSA) is 51.1 Å². The lowest BCUT2D eigenvalue weighted by atomic mass is 10.1. The van der Waals surface area contributed by atoms with Crippen molar-refractivity contribution in [3.05, 3.63) is 94.1 Å². The van der Waals surface area contributed by atoms with E-state index < -0.39 is 0 Å². The predicted molar refractivity (Wildman–Crippen MR) is 109 cm³/mol. The van der Waals surface area contributed by atoms with Gasteiger partial charge in [0.05, 0.1) is 11.0 Å². The van der Waals surface area contributed by atoms with E-state index in [2.05, 4.69) is 5.32 Å². The molecule has 1 heterocycles. The van der Waals surface area contributed by atoms with Gasteiger partial charge in [-0.25, -0.2) is 0 Å². The lowest BCUT2D eigenvalue weighted by Crippen LogP contribution is -2.28. The van der Waals surface area contributed by atoms with Crippen LogP contribution in [-0.4, -0.2) is 10.5 Å². The summed E-state index contributed by atoms with van der Waals surface area (Å²) in [6.45, 7) is 2.68. The van der Waals surface area contributed by atoms with Crippen LogP contribution < -0.4 is 10.7 Å². The molecule has 0 saturated heterocycles. The van der Waals surface area contributed by atoms with Gasteiger partial charge in [0.1, 0.15) is 6.54 Å². The molecule has 0 unspecified atom stereocenters. The van der Waals surface area contributed by atoms with Crippen LogP contribution in [0.25, 0.3) is 21.8 Å². The SMILES string of the molecule is Cc1ccccc1CNC(=O)Cn1c2ccccc2c(=O)c2ccccc21. The normalized spacial score (nSPS) is 11.0. The number of carbonyl (C=O) groups is 1. The van der Waals surface area contributed by atoms with Crippen LogP contribution in [0.1, 0.15) is 11.1 Å². The van der Waals surface area contributed by atoms with E-state index in [0.29, 0.717) is 17.3 Å². The molecule has 134 valence electrons. The number of rotatable bonds is 4. The number of nitrogens with one attached hydrogen (secondary N) is 1. The molecular formula is C23H20N2O2. The monoisotopic (exact) mass is 356 g/mol. The van der Waals surface area contributed by atoms with E-state index in [1.165, 1.54) is 0 Å². The summed E-state index contributed by atoms with van der Waals surface area (Å²) in [5.74, 6) is -0.0859. The maximum absolute atomic E-state index is 12.8. The van der Waals surface area contributed by atoms with E-state index in [9.17, 15) is 9.59 Å². The summed E-state index contributed by atoms with van der Waals surface area (Å²) in [6, 6.07) is 22.9. The highest BCUT2D eigenvalue weighted by Gasteiger charge is 2.12. The Labute approximate surface area is 157 Å². The van der Waals surface area contributed by atoms with E-state index >= 15 is 0 Å². The van der Waals surface area contributed by atoms with Crippen LogP contribution in [0.3, 0.4) is 0 Å². The van der Waals surface area contributed by atoms with E-state index in [4.69, 9.17) is 0 Å². The van der Waals surface area contributed by atoms with Crippen molar-refractivity contribution < 1.29 is 4.79 Å². The number of hydrogen-bond acceptors (Lipinski definition) is 2. The number of aromatic nitrogens is 1. The van der Waals surface area contributed by atoms with Gasteiger partial charge in [-0.05, 0) is 42.3 Å². The van der Waals surface area contributed by atoms with Gasteiger partial charge < -0.3 is 9.88 Å². The highest BCUT2D eigenvalue weighted by atomic mass is 16.2. The van der Waals surface area contributed by atoms with Crippen molar-refractivity contribution >= 4 is 27.7 Å². The number of benzene rings is 3. The first-order chi connectivity index (χ1) is 13.1. The zero-order chi connectivity index (χ0) is 18.8. The van der Waals surface area contributed by atoms with Gasteiger partial charge in [-0.2, -0.15) is 0 Å². The van der Waals surface area contributed by atoms with Gasteiger partial charge in [0.25, 0.3) is 0 Å². The van der Waals surface area contributed by atoms with E-state index in [0.717, 1.165) is 22.2 Å². The molecule has 0 aliphatic rings. The molecule has 0 bridgehead atoms. The van der Waals surface area contributed by atoms with Crippen molar-refractivity contribution in [1.29, 1.82) is 0 Å². The van der Waals surface area contributed by atoms with Gasteiger partial charge in [-0.1, -0.05) is 48.5 Å². The van der Waals surface area contributed by atoms with Crippen molar-refractivity contribution in [3.63, 3.8) is 0 Å². The fourth-order valence-corrected chi connectivity index (χ4v) is 3.45. The second-order valence-electron chi connectivity index (χ2n) is 6.65. The van der Waals surface area contributed by atoms with Crippen molar-refractivity contribution in [2.75, 3.05) is 0 Å². The molecular weight excluding hydrogens is 336 g/mol. The number of amides is 1. The summed E-state index contributed by atoms with van der Waals surface area (Å²) in [5, 5.41) is 4.25. The Kier molecular flexibility index (Phi) is 4.47. The van der Waals surface area contributed by atoms with Gasteiger partial charge in [0.2, 0.25) is 5.91 Å². The first-order valence-corrected chi connectivity index (χ1v) is 8.96. The smallest absolute Gasteiger partial charge is 0.240 e. The van der Waals surface area contributed by atoms with Gasteiger partial charge in [-0.3, -0.25) is 9.59 Å². The number of aryl methyl sites for hydroxylation is 1. The Morgan fingerprint density at radius 3 is 2.04 bits per heavy atom. The summed E-state index contributed by atoms with van der Waals surface area (Å²) in [6.07, 6.45) is 0. The quantitative estimate of drug-likeness (QED) is 0.566. The first-order valence-electron chi connectivity index (χ1n) is 8.96. The van der Waals surface area contributed by atoms with Gasteiger partial charge in [0, 0.05) is 17.3 Å². The molecule has 1 N–H and O–H groups in total. The van der Waals surface area contributed by atoms with Crippen LogP contribution in [-0.2, 0) is 17.9 Å². The maximum Gasteiger partial charge on any atom is 0.240 e. The Hall–Kier alpha value is -3.40. The minimum absolute atomic E-state index is 0.00207. The minimum Gasteiger partial charge on any atom is -0.350 e. The van der Waals surface area contributed by atoms with E-state index in [-0.39, 0.29) is 17.9 Å². The number of para-hydroxylation sites is 2. The fourth-order valence-electron chi connectivity index (χ4n) is 3.45. The standard InChI is InChI=1S/C23H20N2O2/c1-16-8-2-3-9-17(16)14-24-22(26)15-25-20-12-6-4-10-18(20)23(27)19-11-5-7-13-21(19)25/h2-13H,14-15H2,1H3,(H,24,26). The molecule has 1 amide bonds. The van der Waals surface area contributed by atoms with Crippen LogP contribution in [0.15, 0.2) is 77.6 Å². The molecule has 4 rings (SSSR count). The lowest BCUT2D eigenvalue weighted by Gasteiger charge is -2.15. The second-order valence-corrected chi connectivity index (χ2v) is 6.65. The molecule has 0 radical (unpaired) electrons. The third-order valence-corrected chi connectivity index (χ3v) is 4.92. The fraction of sp³-hybridized carbons (Fsp3) is 0.130. The third kappa shape index (κ3) is 3.22. The van der Waals surface area contributed by atoms with Crippen molar-refractivity contribution in [1.82, 2.24) is 9.88 Å². The molecule has 3 aromatic carbocycles. The average molecular weight is 356 g/mol. The highest BCUT2D eigenvalue weighted by molar-refractivity contribution is 5.94. The summed E-state index contributed by atoms with van der Waals surface area (Å²) in [4.78, 5) is 25.4. The molecule has 0 fully saturated rings. The van der Waals surface area contributed by atoms with Crippen LogP contribution in [0.5, 0.6) is 0 Å². The molecule has 1 aromatic heterocycles.